The van der Waals surface area contributed by atoms with Gasteiger partial charge < -0.3 is 20.1 Å². The quantitative estimate of drug-likeness (QED) is 0.872. The van der Waals surface area contributed by atoms with E-state index in [1.54, 1.807) is 30.5 Å². The molecule has 2 atom stereocenters. The highest BCUT2D eigenvalue weighted by molar-refractivity contribution is 5.90. The molecule has 2 heterocycles. The average Bonchev–Trinajstić information content (AvgIpc) is 3.15. The highest BCUT2D eigenvalue weighted by atomic mass is 19.1. The topological polar surface area (TPSA) is 72.5 Å². The summed E-state index contributed by atoms with van der Waals surface area (Å²) in [5.41, 5.74) is 1.26. The number of hydrogen-bond acceptors (Lipinski definition) is 4. The highest BCUT2D eigenvalue weighted by Crippen LogP contribution is 2.27. The SMILES string of the molecule is COc1ncccc1NC(=O)N[C@@H](c1ccc(F)cc1)[C@@H]1CCCO1. The normalized spacial score (nSPS) is 17.8. The van der Waals surface area contributed by atoms with Crippen molar-refractivity contribution in [2.75, 3.05) is 19.0 Å². The van der Waals surface area contributed by atoms with E-state index in [1.165, 1.54) is 19.2 Å². The number of amides is 2. The van der Waals surface area contributed by atoms with E-state index in [0.29, 0.717) is 18.2 Å². The maximum absolute atomic E-state index is 13.2. The lowest BCUT2D eigenvalue weighted by Crippen LogP contribution is -2.38. The van der Waals surface area contributed by atoms with E-state index in [0.717, 1.165) is 18.4 Å². The lowest BCUT2D eigenvalue weighted by molar-refractivity contribution is 0.0815. The number of carbonyl (C=O) groups excluding carboxylic acids is 1. The number of pyridine rings is 1. The Morgan fingerprint density at radius 1 is 1.36 bits per heavy atom. The number of carbonyl (C=O) groups is 1. The second-order valence-corrected chi connectivity index (χ2v) is 5.74. The molecule has 1 fully saturated rings. The van der Waals surface area contributed by atoms with Crippen LogP contribution in [0.2, 0.25) is 0 Å². The van der Waals surface area contributed by atoms with E-state index in [4.69, 9.17) is 9.47 Å². The molecule has 1 aliphatic heterocycles. The van der Waals surface area contributed by atoms with Crippen molar-refractivity contribution in [1.82, 2.24) is 10.3 Å². The molecule has 7 heteroatoms. The molecule has 0 saturated carbocycles. The van der Waals surface area contributed by atoms with Crippen molar-refractivity contribution in [3.05, 3.63) is 54.0 Å². The summed E-state index contributed by atoms with van der Waals surface area (Å²) in [6, 6.07) is 8.70. The van der Waals surface area contributed by atoms with E-state index in [-0.39, 0.29) is 18.0 Å². The highest BCUT2D eigenvalue weighted by Gasteiger charge is 2.29. The Balaban J connectivity index is 1.75. The number of halogens is 1. The summed E-state index contributed by atoms with van der Waals surface area (Å²) >= 11 is 0. The van der Waals surface area contributed by atoms with Gasteiger partial charge in [0.2, 0.25) is 5.88 Å². The van der Waals surface area contributed by atoms with Crippen LogP contribution in [0, 0.1) is 5.82 Å². The molecule has 132 valence electrons. The largest absolute Gasteiger partial charge is 0.480 e. The van der Waals surface area contributed by atoms with Crippen LogP contribution in [0.15, 0.2) is 42.6 Å². The third-order valence-corrected chi connectivity index (χ3v) is 4.07. The van der Waals surface area contributed by atoms with Gasteiger partial charge in [-0.15, -0.1) is 0 Å². The van der Waals surface area contributed by atoms with Crippen LogP contribution in [0.3, 0.4) is 0 Å². The van der Waals surface area contributed by atoms with Crippen molar-refractivity contribution < 1.29 is 18.7 Å². The third kappa shape index (κ3) is 4.24. The van der Waals surface area contributed by atoms with Crippen LogP contribution in [0.1, 0.15) is 24.4 Å². The minimum absolute atomic E-state index is 0.146. The van der Waals surface area contributed by atoms with Crippen molar-refractivity contribution in [2.45, 2.75) is 25.0 Å². The maximum atomic E-state index is 13.2. The number of methoxy groups -OCH3 is 1. The van der Waals surface area contributed by atoms with Crippen molar-refractivity contribution in [1.29, 1.82) is 0 Å². The standard InChI is InChI=1S/C18H20FN3O3/c1-24-17-14(4-2-10-20-17)21-18(23)22-16(15-5-3-11-25-15)12-6-8-13(19)9-7-12/h2,4,6-10,15-16H,3,5,11H2,1H3,(H2,21,22,23)/t15-,16-/m0/s1. The zero-order chi connectivity index (χ0) is 17.6. The minimum Gasteiger partial charge on any atom is -0.480 e. The Hall–Kier alpha value is -2.67. The molecule has 0 radical (unpaired) electrons. The van der Waals surface area contributed by atoms with Gasteiger partial charge in [0, 0.05) is 12.8 Å². The molecule has 1 saturated heterocycles. The van der Waals surface area contributed by atoms with Gasteiger partial charge in [-0.3, -0.25) is 0 Å². The first kappa shape index (κ1) is 17.2. The Morgan fingerprint density at radius 3 is 2.84 bits per heavy atom. The number of rotatable bonds is 5. The zero-order valence-electron chi connectivity index (χ0n) is 13.9. The molecule has 2 aromatic rings. The second kappa shape index (κ2) is 7.94. The summed E-state index contributed by atoms with van der Waals surface area (Å²) < 4.78 is 24.1. The lowest BCUT2D eigenvalue weighted by atomic mass is 9.99. The number of benzene rings is 1. The van der Waals surface area contributed by atoms with Crippen molar-refractivity contribution in [2.24, 2.45) is 0 Å². The van der Waals surface area contributed by atoms with Crippen LogP contribution < -0.4 is 15.4 Å². The smallest absolute Gasteiger partial charge is 0.319 e. The minimum atomic E-state index is -0.406. The van der Waals surface area contributed by atoms with E-state index in [1.807, 2.05) is 0 Å². The Bertz CT molecular complexity index is 718. The fourth-order valence-electron chi connectivity index (χ4n) is 2.87. The molecule has 2 N–H and O–H groups in total. The van der Waals surface area contributed by atoms with Crippen LogP contribution in [0.25, 0.3) is 0 Å². The summed E-state index contributed by atoms with van der Waals surface area (Å²) in [7, 11) is 1.49. The van der Waals surface area contributed by atoms with Crippen LogP contribution in [0.5, 0.6) is 5.88 Å². The maximum Gasteiger partial charge on any atom is 0.319 e. The van der Waals surface area contributed by atoms with Gasteiger partial charge >= 0.3 is 6.03 Å². The number of aromatic nitrogens is 1. The molecule has 2 amide bonds. The molecule has 6 nitrogen and oxygen atoms in total. The first-order chi connectivity index (χ1) is 12.2. The molecule has 0 spiro atoms. The zero-order valence-corrected chi connectivity index (χ0v) is 13.9. The van der Waals surface area contributed by atoms with Gasteiger partial charge in [-0.1, -0.05) is 12.1 Å². The molecular weight excluding hydrogens is 325 g/mol. The Labute approximate surface area is 145 Å². The van der Waals surface area contributed by atoms with E-state index < -0.39 is 6.03 Å². The number of anilines is 1. The van der Waals surface area contributed by atoms with Gasteiger partial charge in [0.25, 0.3) is 0 Å². The molecule has 1 aliphatic rings. The number of hydrogen-bond donors (Lipinski definition) is 2. The number of urea groups is 1. The Kier molecular flexibility index (Phi) is 5.45. The Morgan fingerprint density at radius 2 is 2.16 bits per heavy atom. The van der Waals surface area contributed by atoms with E-state index in [2.05, 4.69) is 15.6 Å². The molecule has 25 heavy (non-hydrogen) atoms. The first-order valence-electron chi connectivity index (χ1n) is 8.11. The lowest BCUT2D eigenvalue weighted by Gasteiger charge is -2.25. The molecular formula is C18H20FN3O3. The monoisotopic (exact) mass is 345 g/mol. The predicted molar refractivity (Wildman–Crippen MR) is 91.1 cm³/mol. The molecule has 0 unspecified atom stereocenters. The van der Waals surface area contributed by atoms with Crippen LogP contribution in [-0.4, -0.2) is 30.8 Å². The summed E-state index contributed by atoms with van der Waals surface area (Å²) in [5.74, 6) is 0.00693. The van der Waals surface area contributed by atoms with Crippen LogP contribution >= 0.6 is 0 Å². The number of nitrogens with one attached hydrogen (secondary N) is 2. The molecule has 0 bridgehead atoms. The fraction of sp³-hybridized carbons (Fsp3) is 0.333. The van der Waals surface area contributed by atoms with Gasteiger partial charge in [-0.25, -0.2) is 14.2 Å². The van der Waals surface area contributed by atoms with Gasteiger partial charge in [0.1, 0.15) is 11.5 Å². The summed E-state index contributed by atoms with van der Waals surface area (Å²) in [6.07, 6.45) is 3.20. The van der Waals surface area contributed by atoms with E-state index >= 15 is 0 Å². The fourth-order valence-corrected chi connectivity index (χ4v) is 2.87. The third-order valence-electron chi connectivity index (χ3n) is 4.07. The van der Waals surface area contributed by atoms with Gasteiger partial charge in [-0.05, 0) is 42.7 Å². The molecule has 1 aromatic heterocycles. The van der Waals surface area contributed by atoms with Crippen molar-refractivity contribution in [3.63, 3.8) is 0 Å². The van der Waals surface area contributed by atoms with Crippen molar-refractivity contribution in [3.8, 4) is 5.88 Å². The van der Waals surface area contributed by atoms with Gasteiger partial charge in [0.15, 0.2) is 0 Å². The second-order valence-electron chi connectivity index (χ2n) is 5.74. The molecule has 0 aliphatic carbocycles. The van der Waals surface area contributed by atoms with E-state index in [9.17, 15) is 9.18 Å². The van der Waals surface area contributed by atoms with Gasteiger partial charge in [-0.2, -0.15) is 0 Å². The number of ether oxygens (including phenoxy) is 2. The van der Waals surface area contributed by atoms with Crippen LogP contribution in [-0.2, 0) is 4.74 Å². The molecule has 3 rings (SSSR count). The molecule has 1 aromatic carbocycles. The summed E-state index contributed by atoms with van der Waals surface area (Å²) in [6.45, 7) is 0.655. The predicted octanol–water partition coefficient (Wildman–Crippen LogP) is 3.27. The van der Waals surface area contributed by atoms with Gasteiger partial charge in [0.05, 0.1) is 19.3 Å². The summed E-state index contributed by atoms with van der Waals surface area (Å²) in [5, 5.41) is 5.64. The number of nitrogens with zero attached hydrogens (tertiary/aromatic N) is 1. The summed E-state index contributed by atoms with van der Waals surface area (Å²) in [4.78, 5) is 16.5. The van der Waals surface area contributed by atoms with Crippen LogP contribution in [0.4, 0.5) is 14.9 Å². The van der Waals surface area contributed by atoms with Crippen molar-refractivity contribution >= 4 is 11.7 Å². The first-order valence-corrected chi connectivity index (χ1v) is 8.11. The average molecular weight is 345 g/mol.